The molecule has 4 rings (SSSR count). The number of nitrogens with two attached hydrogens (primary N) is 1. The SMILES string of the molecule is CC#Cc1cncc(-c2ccc(F)c([C@]3(C(F)F)N=C(N)O[C@H]4C[C@H]43)c2)c1. The first-order chi connectivity index (χ1) is 13.0. The summed E-state index contributed by atoms with van der Waals surface area (Å²) in [6.45, 7) is 1.70. The highest BCUT2D eigenvalue weighted by Gasteiger charge is 2.64. The van der Waals surface area contributed by atoms with Crippen molar-refractivity contribution >= 4 is 6.02 Å². The molecule has 3 atom stereocenters. The summed E-state index contributed by atoms with van der Waals surface area (Å²) in [4.78, 5) is 8.01. The van der Waals surface area contributed by atoms with Crippen molar-refractivity contribution in [2.75, 3.05) is 0 Å². The lowest BCUT2D eigenvalue weighted by Crippen LogP contribution is -2.43. The van der Waals surface area contributed by atoms with Crippen LogP contribution < -0.4 is 5.73 Å². The van der Waals surface area contributed by atoms with Crippen molar-refractivity contribution in [2.24, 2.45) is 16.6 Å². The van der Waals surface area contributed by atoms with Crippen molar-refractivity contribution in [1.29, 1.82) is 0 Å². The number of aliphatic imine (C=N–C) groups is 1. The fourth-order valence-electron chi connectivity index (χ4n) is 3.62. The van der Waals surface area contributed by atoms with Gasteiger partial charge < -0.3 is 10.5 Å². The van der Waals surface area contributed by atoms with Crippen LogP contribution in [0.5, 0.6) is 0 Å². The zero-order valence-corrected chi connectivity index (χ0v) is 14.4. The summed E-state index contributed by atoms with van der Waals surface area (Å²) in [7, 11) is 0. The van der Waals surface area contributed by atoms with Gasteiger partial charge in [0.1, 0.15) is 11.9 Å². The molecule has 1 aliphatic carbocycles. The van der Waals surface area contributed by atoms with Crippen molar-refractivity contribution < 1.29 is 17.9 Å². The van der Waals surface area contributed by atoms with Crippen molar-refractivity contribution in [2.45, 2.75) is 31.4 Å². The molecule has 1 aromatic heterocycles. The maximum absolute atomic E-state index is 14.7. The highest BCUT2D eigenvalue weighted by molar-refractivity contribution is 5.74. The van der Waals surface area contributed by atoms with Gasteiger partial charge in [-0.3, -0.25) is 4.98 Å². The Morgan fingerprint density at radius 2 is 2.07 bits per heavy atom. The van der Waals surface area contributed by atoms with Crippen LogP contribution in [0, 0.1) is 23.6 Å². The van der Waals surface area contributed by atoms with Crippen LogP contribution in [0.1, 0.15) is 24.5 Å². The third kappa shape index (κ3) is 2.81. The fraction of sp³-hybridized carbons (Fsp3) is 0.300. The van der Waals surface area contributed by atoms with Crippen LogP contribution in [0.25, 0.3) is 11.1 Å². The zero-order chi connectivity index (χ0) is 19.2. The molecular formula is C20H16F3N3O. The number of amidine groups is 1. The van der Waals surface area contributed by atoms with Gasteiger partial charge in [0, 0.05) is 35.0 Å². The minimum Gasteiger partial charge on any atom is -0.462 e. The minimum atomic E-state index is -2.92. The number of benzene rings is 1. The van der Waals surface area contributed by atoms with Gasteiger partial charge in [0.25, 0.3) is 12.4 Å². The summed E-state index contributed by atoms with van der Waals surface area (Å²) >= 11 is 0. The van der Waals surface area contributed by atoms with E-state index in [0.717, 1.165) is 0 Å². The summed E-state index contributed by atoms with van der Waals surface area (Å²) in [5.74, 6) is 4.31. The normalized spacial score (nSPS) is 25.7. The lowest BCUT2D eigenvalue weighted by molar-refractivity contribution is 0.0177. The quantitative estimate of drug-likeness (QED) is 0.841. The zero-order valence-electron chi connectivity index (χ0n) is 14.4. The molecule has 138 valence electrons. The highest BCUT2D eigenvalue weighted by Crippen LogP contribution is 2.56. The van der Waals surface area contributed by atoms with Gasteiger partial charge in [0.15, 0.2) is 5.54 Å². The summed E-state index contributed by atoms with van der Waals surface area (Å²) in [5, 5.41) is 0. The molecule has 2 aliphatic rings. The Morgan fingerprint density at radius 1 is 1.26 bits per heavy atom. The standard InChI is InChI=1S/C20H16F3N3O/c1-2-3-11-6-13(10-25-9-11)12-4-5-16(21)14(7-12)20(18(22)23)15-8-17(15)27-19(24)26-20/h4-7,9-10,15,17-18H,8H2,1H3,(H2,24,26)/t15-,17+,20+/m1/s1. The van der Waals surface area contributed by atoms with Crippen LogP contribution in [0.2, 0.25) is 0 Å². The molecule has 0 saturated heterocycles. The summed E-state index contributed by atoms with van der Waals surface area (Å²) in [5.41, 5.74) is 5.26. The number of alkyl halides is 2. The molecule has 1 saturated carbocycles. The van der Waals surface area contributed by atoms with E-state index < -0.39 is 29.8 Å². The van der Waals surface area contributed by atoms with Gasteiger partial charge in [-0.1, -0.05) is 12.0 Å². The number of nitrogens with zero attached hydrogens (tertiary/aromatic N) is 2. The van der Waals surface area contributed by atoms with Crippen LogP contribution in [0.4, 0.5) is 13.2 Å². The van der Waals surface area contributed by atoms with E-state index in [4.69, 9.17) is 10.5 Å². The molecule has 7 heteroatoms. The van der Waals surface area contributed by atoms with Crippen LogP contribution in [0.3, 0.4) is 0 Å². The van der Waals surface area contributed by atoms with Gasteiger partial charge in [0.05, 0.1) is 0 Å². The fourth-order valence-corrected chi connectivity index (χ4v) is 3.62. The molecule has 4 nitrogen and oxygen atoms in total. The highest BCUT2D eigenvalue weighted by atomic mass is 19.3. The number of pyridine rings is 1. The molecule has 0 radical (unpaired) electrons. The van der Waals surface area contributed by atoms with E-state index in [-0.39, 0.29) is 11.6 Å². The van der Waals surface area contributed by atoms with E-state index in [0.29, 0.717) is 23.1 Å². The van der Waals surface area contributed by atoms with Gasteiger partial charge in [-0.15, -0.1) is 5.92 Å². The number of rotatable bonds is 3. The van der Waals surface area contributed by atoms with Crippen molar-refractivity contribution in [1.82, 2.24) is 4.98 Å². The lowest BCUT2D eigenvalue weighted by Gasteiger charge is -2.33. The molecule has 27 heavy (non-hydrogen) atoms. The van der Waals surface area contributed by atoms with Crippen LogP contribution in [-0.2, 0) is 10.3 Å². The molecule has 0 unspecified atom stereocenters. The Bertz CT molecular complexity index is 995. The molecule has 2 heterocycles. The van der Waals surface area contributed by atoms with Crippen molar-refractivity contribution in [3.05, 3.63) is 53.6 Å². The number of hydrogen-bond donors (Lipinski definition) is 1. The number of aromatic nitrogens is 1. The number of halogens is 3. The third-order valence-corrected chi connectivity index (χ3v) is 4.94. The van der Waals surface area contributed by atoms with Crippen molar-refractivity contribution in [3.63, 3.8) is 0 Å². The third-order valence-electron chi connectivity index (χ3n) is 4.94. The average molecular weight is 371 g/mol. The Labute approximate surface area is 154 Å². The predicted molar refractivity (Wildman–Crippen MR) is 94.5 cm³/mol. The smallest absolute Gasteiger partial charge is 0.283 e. The van der Waals surface area contributed by atoms with Gasteiger partial charge in [0.2, 0.25) is 0 Å². The molecule has 1 aromatic carbocycles. The Balaban J connectivity index is 1.86. The second-order valence-electron chi connectivity index (χ2n) is 6.61. The largest absolute Gasteiger partial charge is 0.462 e. The molecule has 1 fully saturated rings. The van der Waals surface area contributed by atoms with Crippen LogP contribution in [-0.4, -0.2) is 23.5 Å². The topological polar surface area (TPSA) is 60.5 Å². The monoisotopic (exact) mass is 371 g/mol. The van der Waals surface area contributed by atoms with Gasteiger partial charge in [-0.05, 0) is 37.1 Å². The summed E-state index contributed by atoms with van der Waals surface area (Å²) in [6.07, 6.45) is 0.165. The van der Waals surface area contributed by atoms with E-state index in [1.54, 1.807) is 25.4 Å². The number of hydrogen-bond acceptors (Lipinski definition) is 4. The minimum absolute atomic E-state index is 0.180. The second-order valence-corrected chi connectivity index (χ2v) is 6.61. The Kier molecular flexibility index (Phi) is 4.06. The molecule has 0 bridgehead atoms. The van der Waals surface area contributed by atoms with Gasteiger partial charge in [-0.25, -0.2) is 18.2 Å². The van der Waals surface area contributed by atoms with E-state index in [1.165, 1.54) is 18.2 Å². The maximum atomic E-state index is 14.7. The number of fused-ring (bicyclic) bond motifs is 1. The van der Waals surface area contributed by atoms with Gasteiger partial charge in [-0.2, -0.15) is 0 Å². The average Bonchev–Trinajstić information content (AvgIpc) is 3.41. The summed E-state index contributed by atoms with van der Waals surface area (Å²) in [6, 6.07) is 5.54. The first kappa shape index (κ1) is 17.4. The van der Waals surface area contributed by atoms with Gasteiger partial charge >= 0.3 is 0 Å². The molecule has 1 aliphatic heterocycles. The van der Waals surface area contributed by atoms with E-state index in [2.05, 4.69) is 21.8 Å². The Morgan fingerprint density at radius 3 is 2.81 bits per heavy atom. The van der Waals surface area contributed by atoms with Crippen LogP contribution in [0.15, 0.2) is 41.7 Å². The number of ether oxygens (including phenoxy) is 1. The lowest BCUT2D eigenvalue weighted by atomic mass is 9.83. The first-order valence-electron chi connectivity index (χ1n) is 8.44. The van der Waals surface area contributed by atoms with Crippen LogP contribution >= 0.6 is 0 Å². The first-order valence-corrected chi connectivity index (χ1v) is 8.44. The van der Waals surface area contributed by atoms with E-state index >= 15 is 0 Å². The molecule has 0 amide bonds. The maximum Gasteiger partial charge on any atom is 0.283 e. The Hall–Kier alpha value is -3.01. The van der Waals surface area contributed by atoms with E-state index in [1.807, 2.05) is 0 Å². The van der Waals surface area contributed by atoms with E-state index in [9.17, 15) is 13.2 Å². The molecule has 2 N–H and O–H groups in total. The predicted octanol–water partition coefficient (Wildman–Crippen LogP) is 3.45. The second kappa shape index (κ2) is 6.31. The molecule has 2 aromatic rings. The molecule has 0 spiro atoms. The van der Waals surface area contributed by atoms with Crippen molar-refractivity contribution in [3.8, 4) is 23.0 Å². The summed E-state index contributed by atoms with van der Waals surface area (Å²) < 4.78 is 48.3. The molecular weight excluding hydrogens is 355 g/mol.